The Labute approximate surface area is 143 Å². The van der Waals surface area contributed by atoms with Gasteiger partial charge in [-0.25, -0.2) is 0 Å². The SMILES string of the molecule is C=CCOc1ccccc1NC(=O)C(C)Oc1c(C)cccc1C. The van der Waals surface area contributed by atoms with Crippen LogP contribution in [0.3, 0.4) is 0 Å². The highest BCUT2D eigenvalue weighted by atomic mass is 16.5. The first-order valence-electron chi connectivity index (χ1n) is 7.89. The van der Waals surface area contributed by atoms with Gasteiger partial charge in [0.25, 0.3) is 5.91 Å². The minimum atomic E-state index is -0.628. The molecule has 2 aromatic carbocycles. The van der Waals surface area contributed by atoms with Crippen LogP contribution < -0.4 is 14.8 Å². The molecule has 0 bridgehead atoms. The summed E-state index contributed by atoms with van der Waals surface area (Å²) in [5, 5.41) is 2.86. The summed E-state index contributed by atoms with van der Waals surface area (Å²) in [6.45, 7) is 9.66. The summed E-state index contributed by atoms with van der Waals surface area (Å²) in [6.07, 6.45) is 1.03. The van der Waals surface area contributed by atoms with Crippen LogP contribution in [0.1, 0.15) is 18.1 Å². The molecule has 1 unspecified atom stereocenters. The number of aryl methyl sites for hydroxylation is 2. The van der Waals surface area contributed by atoms with E-state index in [1.165, 1.54) is 0 Å². The number of amides is 1. The number of para-hydroxylation sites is 3. The van der Waals surface area contributed by atoms with Gasteiger partial charge in [0.1, 0.15) is 18.1 Å². The highest BCUT2D eigenvalue weighted by molar-refractivity contribution is 5.95. The molecule has 0 radical (unpaired) electrons. The molecular formula is C20H23NO3. The standard InChI is InChI=1S/C20H23NO3/c1-5-13-23-18-12-7-6-11-17(18)21-20(22)16(4)24-19-14(2)9-8-10-15(19)3/h5-12,16H,1,13H2,2-4H3,(H,21,22). The van der Waals surface area contributed by atoms with Crippen molar-refractivity contribution in [3.05, 3.63) is 66.2 Å². The average Bonchev–Trinajstić information content (AvgIpc) is 2.57. The first-order valence-corrected chi connectivity index (χ1v) is 7.89. The van der Waals surface area contributed by atoms with Gasteiger partial charge < -0.3 is 14.8 Å². The number of ether oxygens (including phenoxy) is 2. The molecule has 0 saturated carbocycles. The fraction of sp³-hybridized carbons (Fsp3) is 0.250. The Kier molecular flexibility index (Phi) is 6.01. The van der Waals surface area contributed by atoms with E-state index >= 15 is 0 Å². The van der Waals surface area contributed by atoms with Gasteiger partial charge in [-0.3, -0.25) is 4.79 Å². The van der Waals surface area contributed by atoms with Crippen LogP contribution in [-0.4, -0.2) is 18.6 Å². The predicted octanol–water partition coefficient (Wildman–Crippen LogP) is 4.27. The number of hydrogen-bond donors (Lipinski definition) is 1. The molecule has 0 fully saturated rings. The second-order valence-electron chi connectivity index (χ2n) is 5.57. The van der Waals surface area contributed by atoms with Gasteiger partial charge >= 0.3 is 0 Å². The quantitative estimate of drug-likeness (QED) is 0.773. The monoisotopic (exact) mass is 325 g/mol. The van der Waals surface area contributed by atoms with Gasteiger partial charge in [0, 0.05) is 0 Å². The molecule has 1 amide bonds. The van der Waals surface area contributed by atoms with Gasteiger partial charge in [-0.2, -0.15) is 0 Å². The van der Waals surface area contributed by atoms with Gasteiger partial charge in [-0.05, 0) is 44.0 Å². The fourth-order valence-electron chi connectivity index (χ4n) is 2.29. The molecule has 2 rings (SSSR count). The molecule has 24 heavy (non-hydrogen) atoms. The van der Waals surface area contributed by atoms with Crippen molar-refractivity contribution in [1.82, 2.24) is 0 Å². The summed E-state index contributed by atoms with van der Waals surface area (Å²) >= 11 is 0. The first kappa shape index (κ1) is 17.6. The highest BCUT2D eigenvalue weighted by Crippen LogP contribution is 2.26. The summed E-state index contributed by atoms with van der Waals surface area (Å²) in [4.78, 5) is 12.5. The molecule has 126 valence electrons. The molecule has 0 saturated heterocycles. The molecule has 0 aliphatic carbocycles. The topological polar surface area (TPSA) is 47.6 Å². The van der Waals surface area contributed by atoms with E-state index < -0.39 is 6.10 Å². The van der Waals surface area contributed by atoms with E-state index in [2.05, 4.69) is 11.9 Å². The van der Waals surface area contributed by atoms with Gasteiger partial charge in [0.15, 0.2) is 6.10 Å². The normalized spacial score (nSPS) is 11.5. The van der Waals surface area contributed by atoms with E-state index in [1.54, 1.807) is 25.1 Å². The first-order chi connectivity index (χ1) is 11.5. The van der Waals surface area contributed by atoms with Crippen LogP contribution in [0.15, 0.2) is 55.1 Å². The zero-order chi connectivity index (χ0) is 17.5. The lowest BCUT2D eigenvalue weighted by Crippen LogP contribution is -2.30. The number of nitrogens with one attached hydrogen (secondary N) is 1. The predicted molar refractivity (Wildman–Crippen MR) is 96.8 cm³/mol. The maximum Gasteiger partial charge on any atom is 0.265 e. The summed E-state index contributed by atoms with van der Waals surface area (Å²) in [7, 11) is 0. The van der Waals surface area contributed by atoms with Crippen LogP contribution in [0.4, 0.5) is 5.69 Å². The second kappa shape index (κ2) is 8.20. The molecule has 4 nitrogen and oxygen atoms in total. The zero-order valence-corrected chi connectivity index (χ0v) is 14.3. The summed E-state index contributed by atoms with van der Waals surface area (Å²) in [6, 6.07) is 13.2. The largest absolute Gasteiger partial charge is 0.487 e. The van der Waals surface area contributed by atoms with Crippen LogP contribution in [-0.2, 0) is 4.79 Å². The van der Waals surface area contributed by atoms with Crippen LogP contribution in [0.2, 0.25) is 0 Å². The van der Waals surface area contributed by atoms with E-state index in [0.717, 1.165) is 16.9 Å². The Bertz CT molecular complexity index is 704. The van der Waals surface area contributed by atoms with Crippen molar-refractivity contribution in [2.45, 2.75) is 26.9 Å². The zero-order valence-electron chi connectivity index (χ0n) is 14.3. The summed E-state index contributed by atoms with van der Waals surface area (Å²) in [5.74, 6) is 1.12. The minimum Gasteiger partial charge on any atom is -0.487 e. The number of carbonyl (C=O) groups excluding carboxylic acids is 1. The van der Waals surface area contributed by atoms with E-state index in [4.69, 9.17) is 9.47 Å². The Balaban J connectivity index is 2.08. The van der Waals surface area contributed by atoms with Crippen LogP contribution in [0, 0.1) is 13.8 Å². The summed E-state index contributed by atoms with van der Waals surface area (Å²) < 4.78 is 11.4. The van der Waals surface area contributed by atoms with Gasteiger partial charge in [-0.1, -0.05) is 43.0 Å². The maximum atomic E-state index is 12.5. The highest BCUT2D eigenvalue weighted by Gasteiger charge is 2.18. The molecule has 2 aromatic rings. The van der Waals surface area contributed by atoms with Crippen LogP contribution in [0.25, 0.3) is 0 Å². The lowest BCUT2D eigenvalue weighted by Gasteiger charge is -2.19. The van der Waals surface area contributed by atoms with Crippen LogP contribution >= 0.6 is 0 Å². The Hall–Kier alpha value is -2.75. The molecule has 4 heteroatoms. The van der Waals surface area contributed by atoms with Crippen molar-refractivity contribution in [3.8, 4) is 11.5 Å². The Morgan fingerprint density at radius 1 is 1.17 bits per heavy atom. The third-order valence-electron chi connectivity index (χ3n) is 3.57. The fourth-order valence-corrected chi connectivity index (χ4v) is 2.29. The lowest BCUT2D eigenvalue weighted by molar-refractivity contribution is -0.122. The number of anilines is 1. The van der Waals surface area contributed by atoms with Crippen molar-refractivity contribution in [2.24, 2.45) is 0 Å². The van der Waals surface area contributed by atoms with E-state index in [9.17, 15) is 4.79 Å². The van der Waals surface area contributed by atoms with E-state index in [1.807, 2.05) is 44.2 Å². The number of carbonyl (C=O) groups is 1. The maximum absolute atomic E-state index is 12.5. The molecule has 0 aliphatic rings. The number of rotatable bonds is 7. The molecular weight excluding hydrogens is 302 g/mol. The lowest BCUT2D eigenvalue weighted by atomic mass is 10.1. The third-order valence-corrected chi connectivity index (χ3v) is 3.57. The van der Waals surface area contributed by atoms with Gasteiger partial charge in [-0.15, -0.1) is 0 Å². The van der Waals surface area contributed by atoms with Crippen molar-refractivity contribution < 1.29 is 14.3 Å². The van der Waals surface area contributed by atoms with E-state index in [-0.39, 0.29) is 5.91 Å². The van der Waals surface area contributed by atoms with E-state index in [0.29, 0.717) is 18.0 Å². The second-order valence-corrected chi connectivity index (χ2v) is 5.57. The smallest absolute Gasteiger partial charge is 0.265 e. The molecule has 1 atom stereocenters. The molecule has 0 aromatic heterocycles. The average molecular weight is 325 g/mol. The van der Waals surface area contributed by atoms with Gasteiger partial charge in [0.2, 0.25) is 0 Å². The third kappa shape index (κ3) is 4.38. The summed E-state index contributed by atoms with van der Waals surface area (Å²) in [5.41, 5.74) is 2.62. The molecule has 0 spiro atoms. The molecule has 0 aliphatic heterocycles. The van der Waals surface area contributed by atoms with Crippen molar-refractivity contribution in [2.75, 3.05) is 11.9 Å². The number of hydrogen-bond acceptors (Lipinski definition) is 3. The minimum absolute atomic E-state index is 0.229. The van der Waals surface area contributed by atoms with Crippen molar-refractivity contribution in [3.63, 3.8) is 0 Å². The van der Waals surface area contributed by atoms with Gasteiger partial charge in [0.05, 0.1) is 5.69 Å². The van der Waals surface area contributed by atoms with Crippen molar-refractivity contribution in [1.29, 1.82) is 0 Å². The van der Waals surface area contributed by atoms with Crippen LogP contribution in [0.5, 0.6) is 11.5 Å². The molecule has 1 N–H and O–H groups in total. The number of benzene rings is 2. The Morgan fingerprint density at radius 3 is 2.50 bits per heavy atom. The van der Waals surface area contributed by atoms with Crippen molar-refractivity contribution >= 4 is 11.6 Å². The molecule has 0 heterocycles. The Morgan fingerprint density at radius 2 is 1.83 bits per heavy atom.